The van der Waals surface area contributed by atoms with Crippen molar-refractivity contribution in [2.45, 2.75) is 168 Å². The number of likely N-dealkylation sites (tertiary alicyclic amines) is 2. The molecule has 0 spiro atoms. The minimum absolute atomic E-state index is 0.00235. The Morgan fingerprint density at radius 3 is 2.14 bits per heavy atom. The van der Waals surface area contributed by atoms with Gasteiger partial charge in [-0.15, -0.1) is 0 Å². The van der Waals surface area contributed by atoms with Crippen LogP contribution in [0.15, 0.2) is 18.2 Å². The van der Waals surface area contributed by atoms with Crippen molar-refractivity contribution >= 4 is 47.3 Å². The van der Waals surface area contributed by atoms with Crippen LogP contribution < -0.4 is 31.7 Å². The summed E-state index contributed by atoms with van der Waals surface area (Å²) < 4.78 is 11.4. The molecule has 8 atom stereocenters. The predicted octanol–water partition coefficient (Wildman–Crippen LogP) is 3.35. The number of rotatable bonds is 20. The van der Waals surface area contributed by atoms with Crippen LogP contribution in [0.5, 0.6) is 5.75 Å². The van der Waals surface area contributed by atoms with Gasteiger partial charge < -0.3 is 46.3 Å². The Kier molecular flexibility index (Phi) is 15.5. The molecule has 2 saturated carbocycles. The lowest BCUT2D eigenvalue weighted by Gasteiger charge is -2.38. The van der Waals surface area contributed by atoms with Gasteiger partial charge in [0.25, 0.3) is 5.91 Å². The Morgan fingerprint density at radius 2 is 1.55 bits per heavy atom. The van der Waals surface area contributed by atoms with Crippen molar-refractivity contribution in [1.29, 1.82) is 0 Å². The van der Waals surface area contributed by atoms with Crippen LogP contribution in [0.3, 0.4) is 0 Å². The molecule has 3 unspecified atom stereocenters. The number of para-hydroxylation sites is 1. The Balaban J connectivity index is 1.30. The molecular formula is C47H71N7O10. The number of carbonyl (C=O) groups excluding carboxylic acids is 8. The lowest BCUT2D eigenvalue weighted by atomic mass is 9.95. The normalized spacial score (nSPS) is 24.0. The predicted molar refractivity (Wildman–Crippen MR) is 237 cm³/mol. The second kappa shape index (κ2) is 19.9. The van der Waals surface area contributed by atoms with Crippen molar-refractivity contribution in [1.82, 2.24) is 31.1 Å². The zero-order valence-electron chi connectivity index (χ0n) is 39.4. The Hall–Kier alpha value is -5.22. The summed E-state index contributed by atoms with van der Waals surface area (Å²) in [5, 5.41) is 11.3. The molecule has 6 N–H and O–H groups in total. The molecule has 4 fully saturated rings. The fourth-order valence-electron chi connectivity index (χ4n) is 9.51. The van der Waals surface area contributed by atoms with E-state index in [1.165, 1.54) is 4.90 Å². The SMILES string of the molecule is CCC[C@H](NC(=O)[C@@H]1C2C(CN1C(=O)[C@H](CC1CC1)NC(=O)[C@H](CCC(=O)C(N)=O)NC(=O)OC(C)(C)C)C2(C)C)C(=O)N1CCC[C@@]1(C)C(=O)NC(C)COc1c(C)cccc1C. The van der Waals surface area contributed by atoms with Gasteiger partial charge in [-0.05, 0) is 115 Å². The molecule has 354 valence electrons. The van der Waals surface area contributed by atoms with Crippen LogP contribution in [0, 0.1) is 37.0 Å². The van der Waals surface area contributed by atoms with Crippen LogP contribution in [0.2, 0.25) is 0 Å². The summed E-state index contributed by atoms with van der Waals surface area (Å²) in [4.78, 5) is 111. The molecule has 2 aliphatic carbocycles. The number of alkyl carbamates (subject to hydrolysis) is 1. The molecule has 64 heavy (non-hydrogen) atoms. The summed E-state index contributed by atoms with van der Waals surface area (Å²) in [5.41, 5.74) is 4.79. The highest BCUT2D eigenvalue weighted by Gasteiger charge is 2.69. The number of benzene rings is 1. The van der Waals surface area contributed by atoms with Crippen molar-refractivity contribution in [3.8, 4) is 5.75 Å². The first kappa shape index (κ1) is 49.8. The van der Waals surface area contributed by atoms with E-state index >= 15 is 0 Å². The number of hydrogen-bond acceptors (Lipinski definition) is 10. The number of hydrogen-bond donors (Lipinski definition) is 5. The molecule has 17 heteroatoms. The van der Waals surface area contributed by atoms with E-state index in [0.717, 1.165) is 29.7 Å². The number of fused-ring (bicyclic) bond motifs is 1. The van der Waals surface area contributed by atoms with Gasteiger partial charge in [0.15, 0.2) is 0 Å². The fourth-order valence-corrected chi connectivity index (χ4v) is 9.51. The molecule has 2 aliphatic heterocycles. The maximum atomic E-state index is 14.7. The van der Waals surface area contributed by atoms with Crippen LogP contribution >= 0.6 is 0 Å². The number of carbonyl (C=O) groups is 8. The summed E-state index contributed by atoms with van der Waals surface area (Å²) >= 11 is 0. The monoisotopic (exact) mass is 894 g/mol. The second-order valence-electron chi connectivity index (χ2n) is 20.3. The highest BCUT2D eigenvalue weighted by molar-refractivity contribution is 6.35. The summed E-state index contributed by atoms with van der Waals surface area (Å²) in [7, 11) is 0. The highest BCUT2D eigenvalue weighted by Crippen LogP contribution is 2.65. The maximum Gasteiger partial charge on any atom is 0.408 e. The zero-order chi connectivity index (χ0) is 47.5. The van der Waals surface area contributed by atoms with E-state index in [-0.39, 0.29) is 67.0 Å². The van der Waals surface area contributed by atoms with E-state index in [0.29, 0.717) is 32.2 Å². The van der Waals surface area contributed by atoms with Crippen molar-refractivity contribution in [2.75, 3.05) is 19.7 Å². The molecular weight excluding hydrogens is 823 g/mol. The van der Waals surface area contributed by atoms with E-state index in [1.54, 1.807) is 32.6 Å². The summed E-state index contributed by atoms with van der Waals surface area (Å²) in [6.45, 7) is 19.3. The molecule has 0 radical (unpaired) electrons. The molecule has 0 bridgehead atoms. The van der Waals surface area contributed by atoms with Gasteiger partial charge in [-0.25, -0.2) is 4.79 Å². The first-order valence-electron chi connectivity index (χ1n) is 22.9. The van der Waals surface area contributed by atoms with Crippen molar-refractivity contribution in [3.05, 3.63) is 29.3 Å². The van der Waals surface area contributed by atoms with E-state index in [4.69, 9.17) is 15.2 Å². The zero-order valence-corrected chi connectivity index (χ0v) is 39.4. The number of ether oxygens (including phenoxy) is 2. The van der Waals surface area contributed by atoms with Gasteiger partial charge in [0, 0.05) is 19.5 Å². The van der Waals surface area contributed by atoms with Crippen LogP contribution in [-0.2, 0) is 38.3 Å². The summed E-state index contributed by atoms with van der Waals surface area (Å²) in [6, 6.07) is 1.21. The molecule has 7 amide bonds. The molecule has 1 aromatic carbocycles. The van der Waals surface area contributed by atoms with Crippen molar-refractivity contribution in [3.63, 3.8) is 0 Å². The van der Waals surface area contributed by atoms with Crippen LogP contribution in [0.25, 0.3) is 0 Å². The number of ketones is 1. The van der Waals surface area contributed by atoms with Crippen molar-refractivity contribution < 1.29 is 47.8 Å². The quantitative estimate of drug-likeness (QED) is 0.120. The lowest BCUT2D eigenvalue weighted by Crippen LogP contribution is -2.62. The largest absolute Gasteiger partial charge is 0.491 e. The van der Waals surface area contributed by atoms with Gasteiger partial charge in [-0.3, -0.25) is 33.6 Å². The Labute approximate surface area is 377 Å². The van der Waals surface area contributed by atoms with Crippen LogP contribution in [-0.4, -0.2) is 118 Å². The number of piperidine rings is 1. The minimum atomic E-state index is -1.35. The van der Waals surface area contributed by atoms with E-state index < -0.39 is 77.2 Å². The third-order valence-corrected chi connectivity index (χ3v) is 13.4. The minimum Gasteiger partial charge on any atom is -0.491 e. The van der Waals surface area contributed by atoms with E-state index in [9.17, 15) is 38.4 Å². The fraction of sp³-hybridized carbons (Fsp3) is 0.702. The average molecular weight is 894 g/mol. The van der Waals surface area contributed by atoms with Gasteiger partial charge in [-0.2, -0.15) is 0 Å². The Bertz CT molecular complexity index is 1960. The van der Waals surface area contributed by atoms with E-state index in [1.807, 2.05) is 59.7 Å². The average Bonchev–Trinajstić information content (AvgIpc) is 3.98. The van der Waals surface area contributed by atoms with Gasteiger partial charge in [-0.1, -0.05) is 58.2 Å². The van der Waals surface area contributed by atoms with E-state index in [2.05, 4.69) is 21.3 Å². The van der Waals surface area contributed by atoms with Gasteiger partial charge >= 0.3 is 6.09 Å². The van der Waals surface area contributed by atoms with Gasteiger partial charge in [0.1, 0.15) is 47.7 Å². The molecule has 0 aromatic heterocycles. The maximum absolute atomic E-state index is 14.7. The first-order valence-corrected chi connectivity index (χ1v) is 22.9. The molecule has 2 heterocycles. The number of nitrogens with zero attached hydrogens (tertiary/aromatic N) is 2. The third-order valence-electron chi connectivity index (χ3n) is 13.4. The van der Waals surface area contributed by atoms with Crippen molar-refractivity contribution in [2.24, 2.45) is 28.9 Å². The first-order chi connectivity index (χ1) is 29.9. The van der Waals surface area contributed by atoms with Crippen LogP contribution in [0.4, 0.5) is 4.79 Å². The summed E-state index contributed by atoms with van der Waals surface area (Å²) in [6.07, 6.45) is 2.25. The molecule has 5 rings (SSSR count). The van der Waals surface area contributed by atoms with Crippen LogP contribution in [0.1, 0.15) is 124 Å². The molecule has 4 aliphatic rings. The molecule has 1 aromatic rings. The van der Waals surface area contributed by atoms with Gasteiger partial charge in [0.2, 0.25) is 35.3 Å². The second-order valence-corrected chi connectivity index (χ2v) is 20.3. The topological polar surface area (TPSA) is 236 Å². The smallest absolute Gasteiger partial charge is 0.408 e. The lowest BCUT2D eigenvalue weighted by molar-refractivity contribution is -0.148. The summed E-state index contributed by atoms with van der Waals surface area (Å²) in [5.74, 6) is -3.78. The third kappa shape index (κ3) is 11.7. The number of nitrogens with two attached hydrogens (primary N) is 1. The number of amides is 7. The Morgan fingerprint density at radius 1 is 0.891 bits per heavy atom. The highest BCUT2D eigenvalue weighted by atomic mass is 16.6. The number of Topliss-reactive ketones (excluding diaryl/α,β-unsaturated/α-hetero) is 1. The number of nitrogens with one attached hydrogen (secondary N) is 4. The number of aryl methyl sites for hydroxylation is 2. The molecule has 17 nitrogen and oxygen atoms in total. The molecule has 2 saturated heterocycles. The number of primary amides is 1. The standard InChI is InChI=1S/C47H71N7O10/c1-11-14-32(42(60)54-22-13-21-47(54,10)43(61)49-28(4)25-63-37-26(2)15-12-16-27(37)3)50-40(58)36-35-30(46(35,8)9)24-53(36)41(59)33(23-29-17-18-29)51-39(57)31(19-20-34(55)38(48)56)52-44(62)64-45(5,6)7/h12,15-16,28-33,35-36H,11,13-14,17-25H2,1-10H3,(H2,48,56)(H,49,61)(H,50,58)(H,51,57)(H,52,62)/t28?,30?,31-,32-,33-,35?,36-,47-/m0/s1. The van der Waals surface area contributed by atoms with Gasteiger partial charge in [0.05, 0.1) is 6.04 Å².